The van der Waals surface area contributed by atoms with Gasteiger partial charge < -0.3 is 4.84 Å². The SMILES string of the molecule is CO/N=C1/C=C(C)CCC1. The third-order valence-corrected chi connectivity index (χ3v) is 1.63. The Kier molecular flexibility index (Phi) is 2.49. The van der Waals surface area contributed by atoms with E-state index in [9.17, 15) is 0 Å². The molecule has 0 saturated carbocycles. The van der Waals surface area contributed by atoms with Crippen LogP contribution < -0.4 is 0 Å². The van der Waals surface area contributed by atoms with Crippen LogP contribution in [0.2, 0.25) is 0 Å². The van der Waals surface area contributed by atoms with E-state index >= 15 is 0 Å². The molecule has 0 saturated heterocycles. The molecule has 0 radical (unpaired) electrons. The quantitative estimate of drug-likeness (QED) is 0.510. The normalized spacial score (nSPS) is 22.6. The van der Waals surface area contributed by atoms with Crippen LogP contribution in [0.25, 0.3) is 0 Å². The molecule has 0 N–H and O–H groups in total. The Hall–Kier alpha value is -0.790. The van der Waals surface area contributed by atoms with E-state index in [1.54, 1.807) is 7.11 Å². The molecule has 0 heterocycles. The third kappa shape index (κ3) is 1.87. The average molecular weight is 139 g/mol. The van der Waals surface area contributed by atoms with Gasteiger partial charge >= 0.3 is 0 Å². The maximum atomic E-state index is 4.67. The first-order chi connectivity index (χ1) is 4.83. The number of oxime groups is 1. The van der Waals surface area contributed by atoms with Crippen LogP contribution in [0, 0.1) is 0 Å². The second kappa shape index (κ2) is 3.40. The molecule has 10 heavy (non-hydrogen) atoms. The van der Waals surface area contributed by atoms with Crippen LogP contribution in [-0.2, 0) is 4.84 Å². The van der Waals surface area contributed by atoms with Crippen molar-refractivity contribution in [3.8, 4) is 0 Å². The summed E-state index contributed by atoms with van der Waals surface area (Å²) in [5.41, 5.74) is 2.48. The lowest BCUT2D eigenvalue weighted by Crippen LogP contribution is -2.01. The van der Waals surface area contributed by atoms with Crippen molar-refractivity contribution in [3.63, 3.8) is 0 Å². The summed E-state index contributed by atoms with van der Waals surface area (Å²) >= 11 is 0. The Balaban J connectivity index is 2.62. The van der Waals surface area contributed by atoms with Gasteiger partial charge in [-0.3, -0.25) is 0 Å². The third-order valence-electron chi connectivity index (χ3n) is 1.63. The van der Waals surface area contributed by atoms with Crippen LogP contribution in [0.3, 0.4) is 0 Å². The summed E-state index contributed by atoms with van der Waals surface area (Å²) in [6.45, 7) is 2.13. The zero-order valence-electron chi connectivity index (χ0n) is 6.55. The molecule has 0 atom stereocenters. The minimum Gasteiger partial charge on any atom is -0.399 e. The van der Waals surface area contributed by atoms with E-state index in [4.69, 9.17) is 0 Å². The average Bonchev–Trinajstić information content (AvgIpc) is 1.88. The Morgan fingerprint density at radius 2 is 2.30 bits per heavy atom. The van der Waals surface area contributed by atoms with Crippen molar-refractivity contribution >= 4 is 5.71 Å². The summed E-state index contributed by atoms with van der Waals surface area (Å²) in [6.07, 6.45) is 5.59. The highest BCUT2D eigenvalue weighted by molar-refractivity contribution is 5.95. The van der Waals surface area contributed by atoms with Gasteiger partial charge in [0.25, 0.3) is 0 Å². The largest absolute Gasteiger partial charge is 0.399 e. The van der Waals surface area contributed by atoms with Crippen LogP contribution >= 0.6 is 0 Å². The molecule has 1 aliphatic carbocycles. The van der Waals surface area contributed by atoms with Crippen LogP contribution in [0.5, 0.6) is 0 Å². The van der Waals surface area contributed by atoms with Crippen molar-refractivity contribution in [3.05, 3.63) is 11.6 Å². The first-order valence-corrected chi connectivity index (χ1v) is 3.60. The number of nitrogens with zero attached hydrogens (tertiary/aromatic N) is 1. The molecule has 1 rings (SSSR count). The van der Waals surface area contributed by atoms with Gasteiger partial charge in [0.2, 0.25) is 0 Å². The van der Waals surface area contributed by atoms with Crippen molar-refractivity contribution in [1.82, 2.24) is 0 Å². The highest BCUT2D eigenvalue weighted by Gasteiger charge is 2.04. The minimum absolute atomic E-state index is 1.06. The van der Waals surface area contributed by atoms with Crippen molar-refractivity contribution in [1.29, 1.82) is 0 Å². The summed E-state index contributed by atoms with van der Waals surface area (Å²) in [7, 11) is 1.59. The monoisotopic (exact) mass is 139 g/mol. The van der Waals surface area contributed by atoms with Gasteiger partial charge in [-0.05, 0) is 32.3 Å². The van der Waals surface area contributed by atoms with Gasteiger partial charge in [-0.25, -0.2) is 0 Å². The minimum atomic E-state index is 1.06. The van der Waals surface area contributed by atoms with Gasteiger partial charge in [0.05, 0.1) is 5.71 Å². The van der Waals surface area contributed by atoms with Gasteiger partial charge in [0.1, 0.15) is 7.11 Å². The lowest BCUT2D eigenvalue weighted by atomic mass is 10.00. The molecule has 0 aromatic rings. The number of allylic oxidation sites excluding steroid dienone is 2. The van der Waals surface area contributed by atoms with Crippen LogP contribution in [-0.4, -0.2) is 12.8 Å². The molecular formula is C8H13NO. The first-order valence-electron chi connectivity index (χ1n) is 3.60. The summed E-state index contributed by atoms with van der Waals surface area (Å²) in [5, 5.41) is 3.87. The van der Waals surface area contributed by atoms with E-state index in [0.29, 0.717) is 0 Å². The van der Waals surface area contributed by atoms with Gasteiger partial charge in [-0.1, -0.05) is 10.7 Å². The van der Waals surface area contributed by atoms with Crippen molar-refractivity contribution in [2.24, 2.45) is 5.16 Å². The van der Waals surface area contributed by atoms with E-state index in [-0.39, 0.29) is 0 Å². The molecule has 0 amide bonds. The molecular weight excluding hydrogens is 126 g/mol. The van der Waals surface area contributed by atoms with E-state index < -0.39 is 0 Å². The summed E-state index contributed by atoms with van der Waals surface area (Å²) in [5.74, 6) is 0. The molecule has 0 unspecified atom stereocenters. The second-order valence-electron chi connectivity index (χ2n) is 2.61. The number of hydrogen-bond donors (Lipinski definition) is 0. The summed E-state index contributed by atoms with van der Waals surface area (Å²) in [4.78, 5) is 4.67. The van der Waals surface area contributed by atoms with Crippen LogP contribution in [0.4, 0.5) is 0 Å². The van der Waals surface area contributed by atoms with Gasteiger partial charge in [0, 0.05) is 0 Å². The molecule has 0 bridgehead atoms. The lowest BCUT2D eigenvalue weighted by molar-refractivity contribution is 0.212. The highest BCUT2D eigenvalue weighted by Crippen LogP contribution is 2.14. The first kappa shape index (κ1) is 7.32. The van der Waals surface area contributed by atoms with Crippen LogP contribution in [0.15, 0.2) is 16.8 Å². The smallest absolute Gasteiger partial charge is 0.106 e. The van der Waals surface area contributed by atoms with Crippen LogP contribution in [0.1, 0.15) is 26.2 Å². The zero-order valence-corrected chi connectivity index (χ0v) is 6.55. The lowest BCUT2D eigenvalue weighted by Gasteiger charge is -2.08. The summed E-state index contributed by atoms with van der Waals surface area (Å²) in [6, 6.07) is 0. The van der Waals surface area contributed by atoms with E-state index in [2.05, 4.69) is 23.0 Å². The fraction of sp³-hybridized carbons (Fsp3) is 0.625. The highest BCUT2D eigenvalue weighted by atomic mass is 16.6. The number of rotatable bonds is 1. The van der Waals surface area contributed by atoms with E-state index in [1.807, 2.05) is 0 Å². The fourth-order valence-corrected chi connectivity index (χ4v) is 1.17. The van der Waals surface area contributed by atoms with Crippen molar-refractivity contribution in [2.45, 2.75) is 26.2 Å². The Morgan fingerprint density at radius 3 is 2.90 bits per heavy atom. The fourth-order valence-electron chi connectivity index (χ4n) is 1.17. The van der Waals surface area contributed by atoms with Gasteiger partial charge in [-0.15, -0.1) is 0 Å². The standard InChI is InChI=1S/C8H13NO/c1-7-4-3-5-8(6-7)9-10-2/h6H,3-5H2,1-2H3/b9-8+. The molecule has 1 aliphatic rings. The topological polar surface area (TPSA) is 21.6 Å². The molecule has 56 valence electrons. The van der Waals surface area contributed by atoms with Gasteiger partial charge in [0.15, 0.2) is 0 Å². The van der Waals surface area contributed by atoms with Crippen molar-refractivity contribution in [2.75, 3.05) is 7.11 Å². The predicted octanol–water partition coefficient (Wildman–Crippen LogP) is 2.12. The molecule has 0 aromatic heterocycles. The maximum absolute atomic E-state index is 4.67. The molecule has 0 spiro atoms. The Bertz CT molecular complexity index is 170. The molecule has 2 heteroatoms. The molecule has 0 aliphatic heterocycles. The van der Waals surface area contributed by atoms with E-state index in [1.165, 1.54) is 18.4 Å². The zero-order chi connectivity index (χ0) is 7.40. The van der Waals surface area contributed by atoms with Gasteiger partial charge in [-0.2, -0.15) is 0 Å². The maximum Gasteiger partial charge on any atom is 0.106 e. The molecule has 0 aromatic carbocycles. The predicted molar refractivity (Wildman–Crippen MR) is 42.1 cm³/mol. The number of hydrogen-bond acceptors (Lipinski definition) is 2. The Labute approximate surface area is 61.6 Å². The Morgan fingerprint density at radius 1 is 1.50 bits per heavy atom. The second-order valence-corrected chi connectivity index (χ2v) is 2.61. The molecule has 2 nitrogen and oxygen atoms in total. The summed E-state index contributed by atoms with van der Waals surface area (Å²) < 4.78 is 0. The van der Waals surface area contributed by atoms with Crippen molar-refractivity contribution < 1.29 is 4.84 Å². The molecule has 0 fully saturated rings. The van der Waals surface area contributed by atoms with E-state index in [0.717, 1.165) is 12.1 Å².